The highest BCUT2D eigenvalue weighted by Crippen LogP contribution is 2.07. The van der Waals surface area contributed by atoms with Gasteiger partial charge in [0.1, 0.15) is 0 Å². The van der Waals surface area contributed by atoms with E-state index in [1.807, 2.05) is 18.4 Å². The zero-order valence-electron chi connectivity index (χ0n) is 5.18. The summed E-state index contributed by atoms with van der Waals surface area (Å²) in [6.45, 7) is 4.06. The minimum Gasteiger partial charge on any atom is -0.0911 e. The van der Waals surface area contributed by atoms with Gasteiger partial charge in [-0.05, 0) is 18.8 Å². The molecule has 8 heavy (non-hydrogen) atoms. The molecule has 0 fully saturated rings. The lowest BCUT2D eigenvalue weighted by Gasteiger charge is -1.88. The number of thiocarbonyl (C=S) groups is 1. The second-order valence-corrected chi connectivity index (χ2v) is 3.06. The molecule has 0 saturated heterocycles. The Morgan fingerprint density at radius 1 is 1.75 bits per heavy atom. The van der Waals surface area contributed by atoms with E-state index >= 15 is 0 Å². The van der Waals surface area contributed by atoms with Crippen molar-refractivity contribution in [1.82, 2.24) is 0 Å². The van der Waals surface area contributed by atoms with Crippen LogP contribution in [0.3, 0.4) is 0 Å². The van der Waals surface area contributed by atoms with E-state index in [0.717, 1.165) is 10.6 Å². The molecule has 0 rings (SSSR count). The molecule has 0 amide bonds. The van der Waals surface area contributed by atoms with Gasteiger partial charge in [-0.1, -0.05) is 37.0 Å². The molecule has 0 aliphatic rings. The summed E-state index contributed by atoms with van der Waals surface area (Å²) in [5.74, 6) is 0. The summed E-state index contributed by atoms with van der Waals surface area (Å²) in [7, 11) is 0. The molecule has 0 atom stereocenters. The maximum atomic E-state index is 4.93. The van der Waals surface area contributed by atoms with Crippen LogP contribution in [0, 0.1) is 0 Å². The zero-order valence-corrected chi connectivity index (χ0v) is 6.81. The van der Waals surface area contributed by atoms with Gasteiger partial charge in [0, 0.05) is 0 Å². The van der Waals surface area contributed by atoms with Crippen molar-refractivity contribution in [2.24, 2.45) is 0 Å². The number of rotatable bonds is 2. The van der Waals surface area contributed by atoms with Gasteiger partial charge in [0.2, 0.25) is 0 Å². The Morgan fingerprint density at radius 3 is 2.75 bits per heavy atom. The summed E-state index contributed by atoms with van der Waals surface area (Å²) >= 11 is 6.56. The summed E-state index contributed by atoms with van der Waals surface area (Å²) in [4.78, 5) is 0. The maximum Gasteiger partial charge on any atom is 0.0518 e. The van der Waals surface area contributed by atoms with E-state index in [9.17, 15) is 0 Å². The van der Waals surface area contributed by atoms with Gasteiger partial charge in [-0.15, -0.1) is 0 Å². The lowest BCUT2D eigenvalue weighted by Crippen LogP contribution is -1.77. The van der Waals surface area contributed by atoms with E-state index in [1.54, 1.807) is 11.8 Å². The lowest BCUT2D eigenvalue weighted by atomic mass is 10.6. The second-order valence-electron chi connectivity index (χ2n) is 1.31. The molecular weight excluding hydrogens is 136 g/mol. The fraction of sp³-hybridized carbons (Fsp3) is 0.500. The second kappa shape index (κ2) is 5.32. The van der Waals surface area contributed by atoms with E-state index in [1.165, 1.54) is 0 Å². The summed E-state index contributed by atoms with van der Waals surface area (Å²) in [6.07, 6.45) is 2.98. The molecule has 0 heterocycles. The quantitative estimate of drug-likeness (QED) is 0.549. The van der Waals surface area contributed by atoms with Gasteiger partial charge in [0.15, 0.2) is 0 Å². The van der Waals surface area contributed by atoms with Gasteiger partial charge in [0.25, 0.3) is 0 Å². The van der Waals surface area contributed by atoms with Crippen LogP contribution in [0.15, 0.2) is 11.5 Å². The smallest absolute Gasteiger partial charge is 0.0518 e. The number of thioether (sulfide) groups is 1. The van der Waals surface area contributed by atoms with Gasteiger partial charge < -0.3 is 0 Å². The van der Waals surface area contributed by atoms with Crippen molar-refractivity contribution in [3.63, 3.8) is 0 Å². The van der Waals surface area contributed by atoms with E-state index in [-0.39, 0.29) is 0 Å². The fourth-order valence-corrected chi connectivity index (χ4v) is 0.848. The van der Waals surface area contributed by atoms with Crippen LogP contribution in [0.25, 0.3) is 0 Å². The molecule has 0 spiro atoms. The third kappa shape index (κ3) is 4.34. The van der Waals surface area contributed by atoms with Crippen molar-refractivity contribution < 1.29 is 0 Å². The maximum absolute atomic E-state index is 4.93. The molecular formula is C6H10S2. The predicted octanol–water partition coefficient (Wildman–Crippen LogP) is 2.99. The first-order valence-electron chi connectivity index (χ1n) is 2.62. The third-order valence-corrected chi connectivity index (χ3v) is 2.16. The molecule has 0 unspecified atom stereocenters. The molecule has 0 nitrogen and oxygen atoms in total. The first-order chi connectivity index (χ1) is 3.81. The van der Waals surface area contributed by atoms with Gasteiger partial charge in [-0.25, -0.2) is 0 Å². The minimum absolute atomic E-state index is 0.990. The summed E-state index contributed by atoms with van der Waals surface area (Å²) in [5, 5.41) is 2.01. The summed E-state index contributed by atoms with van der Waals surface area (Å²) < 4.78 is 1.06. The van der Waals surface area contributed by atoms with Gasteiger partial charge >= 0.3 is 0 Å². The minimum atomic E-state index is 0.990. The molecule has 0 aromatic rings. The van der Waals surface area contributed by atoms with E-state index in [4.69, 9.17) is 12.2 Å². The Bertz CT molecular complexity index is 94.7. The van der Waals surface area contributed by atoms with Crippen molar-refractivity contribution in [2.75, 3.05) is 0 Å². The monoisotopic (exact) mass is 146 g/mol. The molecule has 2 heteroatoms. The molecule has 0 N–H and O–H groups in total. The Labute approximate surface area is 60.4 Å². The molecule has 0 radical (unpaired) electrons. The molecule has 0 aromatic heterocycles. The average molecular weight is 146 g/mol. The van der Waals surface area contributed by atoms with Crippen molar-refractivity contribution in [3.05, 3.63) is 11.5 Å². The molecule has 0 bridgehead atoms. The van der Waals surface area contributed by atoms with E-state index < -0.39 is 0 Å². The van der Waals surface area contributed by atoms with Gasteiger partial charge in [0.05, 0.1) is 4.20 Å². The number of allylic oxidation sites excluding steroid dienone is 1. The lowest BCUT2D eigenvalue weighted by molar-refractivity contribution is 1.35. The standard InChI is InChI=1S/C6H10S2/c1-3-5-8-6(7)4-2/h3,5H,4H2,1-2H3/b5-3+. The topological polar surface area (TPSA) is 0 Å². The Balaban J connectivity index is 3.25. The molecule has 46 valence electrons. The number of hydrogen-bond acceptors (Lipinski definition) is 2. The van der Waals surface area contributed by atoms with Crippen LogP contribution in [0.2, 0.25) is 0 Å². The predicted molar refractivity (Wildman–Crippen MR) is 45.3 cm³/mol. The third-order valence-electron chi connectivity index (χ3n) is 0.624. The zero-order chi connectivity index (χ0) is 6.41. The Hall–Kier alpha value is 0.180. The summed E-state index contributed by atoms with van der Waals surface area (Å²) in [6, 6.07) is 0. The highest BCUT2D eigenvalue weighted by molar-refractivity contribution is 8.25. The molecule has 0 aliphatic heterocycles. The van der Waals surface area contributed by atoms with E-state index in [0.29, 0.717) is 0 Å². The SMILES string of the molecule is C/C=C/SC(=S)CC. The van der Waals surface area contributed by atoms with Crippen LogP contribution in [-0.4, -0.2) is 4.20 Å². The Kier molecular flexibility index (Phi) is 5.44. The molecule has 0 aliphatic carbocycles. The Morgan fingerprint density at radius 2 is 2.38 bits per heavy atom. The van der Waals surface area contributed by atoms with Crippen LogP contribution in [0.1, 0.15) is 20.3 Å². The van der Waals surface area contributed by atoms with Crippen LogP contribution in [0.5, 0.6) is 0 Å². The molecule has 0 saturated carbocycles. The average Bonchev–Trinajstić information content (AvgIpc) is 1.83. The number of hydrogen-bond donors (Lipinski definition) is 0. The van der Waals surface area contributed by atoms with Crippen LogP contribution in [0.4, 0.5) is 0 Å². The summed E-state index contributed by atoms with van der Waals surface area (Å²) in [5.41, 5.74) is 0. The van der Waals surface area contributed by atoms with Crippen LogP contribution < -0.4 is 0 Å². The van der Waals surface area contributed by atoms with Gasteiger partial charge in [-0.2, -0.15) is 0 Å². The van der Waals surface area contributed by atoms with Crippen molar-refractivity contribution >= 4 is 28.2 Å². The van der Waals surface area contributed by atoms with Gasteiger partial charge in [-0.3, -0.25) is 0 Å². The first kappa shape index (κ1) is 8.18. The fourth-order valence-electron chi connectivity index (χ4n) is 0.227. The highest BCUT2D eigenvalue weighted by Gasteiger charge is 1.85. The van der Waals surface area contributed by atoms with Crippen LogP contribution >= 0.6 is 24.0 Å². The molecule has 0 aromatic carbocycles. The highest BCUT2D eigenvalue weighted by atomic mass is 32.2. The largest absolute Gasteiger partial charge is 0.0911 e. The van der Waals surface area contributed by atoms with Crippen molar-refractivity contribution in [3.8, 4) is 0 Å². The van der Waals surface area contributed by atoms with Crippen molar-refractivity contribution in [2.45, 2.75) is 20.3 Å². The van der Waals surface area contributed by atoms with E-state index in [2.05, 4.69) is 6.92 Å². The first-order valence-corrected chi connectivity index (χ1v) is 3.90. The van der Waals surface area contributed by atoms with Crippen LogP contribution in [-0.2, 0) is 0 Å². The van der Waals surface area contributed by atoms with Crippen molar-refractivity contribution in [1.29, 1.82) is 0 Å². The normalized spacial score (nSPS) is 10.2.